The number of hydrogen-bond acceptors (Lipinski definition) is 5. The fourth-order valence-electron chi connectivity index (χ4n) is 1.55. The Morgan fingerprint density at radius 3 is 3.00 bits per heavy atom. The molecule has 1 aromatic rings. The maximum atomic E-state index is 9.32. The zero-order valence-electron chi connectivity index (χ0n) is 9.90. The third-order valence-corrected chi connectivity index (χ3v) is 4.51. The first-order valence-electron chi connectivity index (χ1n) is 5.58. The van der Waals surface area contributed by atoms with Crippen molar-refractivity contribution in [1.82, 2.24) is 10.3 Å². The summed E-state index contributed by atoms with van der Waals surface area (Å²) in [7, 11) is 0. The minimum absolute atomic E-state index is 0.127. The van der Waals surface area contributed by atoms with E-state index in [9.17, 15) is 5.11 Å². The van der Waals surface area contributed by atoms with Gasteiger partial charge < -0.3 is 10.4 Å². The SMILES string of the molecule is CCNC(C)(CO)CCCSc1nccs1. The molecule has 0 bridgehead atoms. The first-order valence-corrected chi connectivity index (χ1v) is 7.45. The monoisotopic (exact) mass is 260 g/mol. The minimum Gasteiger partial charge on any atom is -0.394 e. The molecule has 0 aliphatic carbocycles. The van der Waals surface area contributed by atoms with E-state index in [0.717, 1.165) is 29.5 Å². The summed E-state index contributed by atoms with van der Waals surface area (Å²) in [4.78, 5) is 4.22. The lowest BCUT2D eigenvalue weighted by molar-refractivity contribution is 0.167. The lowest BCUT2D eigenvalue weighted by Gasteiger charge is -2.28. The van der Waals surface area contributed by atoms with Crippen molar-refractivity contribution in [2.45, 2.75) is 36.6 Å². The lowest BCUT2D eigenvalue weighted by Crippen LogP contribution is -2.45. The van der Waals surface area contributed by atoms with Crippen LogP contribution < -0.4 is 5.32 Å². The normalized spacial score (nSPS) is 14.9. The lowest BCUT2D eigenvalue weighted by atomic mass is 9.97. The molecule has 1 heterocycles. The second-order valence-electron chi connectivity index (χ2n) is 4.00. The van der Waals surface area contributed by atoms with Gasteiger partial charge in [-0.15, -0.1) is 11.3 Å². The zero-order chi connectivity index (χ0) is 11.9. The van der Waals surface area contributed by atoms with Crippen molar-refractivity contribution in [3.63, 3.8) is 0 Å². The van der Waals surface area contributed by atoms with Crippen LogP contribution in [0.3, 0.4) is 0 Å². The Bertz CT molecular complexity index is 280. The first-order chi connectivity index (χ1) is 7.70. The highest BCUT2D eigenvalue weighted by molar-refractivity contribution is 8.00. The molecule has 0 amide bonds. The van der Waals surface area contributed by atoms with Crippen LogP contribution in [0.15, 0.2) is 15.9 Å². The molecule has 92 valence electrons. The summed E-state index contributed by atoms with van der Waals surface area (Å²) < 4.78 is 1.13. The number of thioether (sulfide) groups is 1. The highest BCUT2D eigenvalue weighted by Gasteiger charge is 2.20. The summed E-state index contributed by atoms with van der Waals surface area (Å²) in [5.74, 6) is 1.06. The molecule has 0 saturated heterocycles. The molecule has 0 spiro atoms. The van der Waals surface area contributed by atoms with E-state index in [1.54, 1.807) is 23.1 Å². The average molecular weight is 260 g/mol. The third-order valence-electron chi connectivity index (χ3n) is 2.46. The van der Waals surface area contributed by atoms with Crippen molar-refractivity contribution in [3.8, 4) is 0 Å². The fourth-order valence-corrected chi connectivity index (χ4v) is 3.20. The zero-order valence-corrected chi connectivity index (χ0v) is 11.5. The van der Waals surface area contributed by atoms with Crippen LogP contribution in [0.4, 0.5) is 0 Å². The number of rotatable bonds is 8. The Morgan fingerprint density at radius 1 is 1.62 bits per heavy atom. The van der Waals surface area contributed by atoms with E-state index in [-0.39, 0.29) is 12.1 Å². The van der Waals surface area contributed by atoms with E-state index < -0.39 is 0 Å². The Labute approximate surface area is 106 Å². The van der Waals surface area contributed by atoms with Gasteiger partial charge in [-0.1, -0.05) is 18.7 Å². The smallest absolute Gasteiger partial charge is 0.149 e. The van der Waals surface area contributed by atoms with Crippen LogP contribution in [-0.4, -0.2) is 34.5 Å². The Balaban J connectivity index is 2.18. The van der Waals surface area contributed by atoms with Gasteiger partial charge in [0.15, 0.2) is 0 Å². The van der Waals surface area contributed by atoms with Crippen LogP contribution in [0.1, 0.15) is 26.7 Å². The van der Waals surface area contributed by atoms with Crippen LogP contribution >= 0.6 is 23.1 Å². The summed E-state index contributed by atoms with van der Waals surface area (Å²) in [5, 5.41) is 14.6. The Hall–Kier alpha value is -0.100. The van der Waals surface area contributed by atoms with Crippen LogP contribution in [0.5, 0.6) is 0 Å². The van der Waals surface area contributed by atoms with Gasteiger partial charge in [0.05, 0.1) is 6.61 Å². The number of aromatic nitrogens is 1. The summed E-state index contributed by atoms with van der Waals surface area (Å²) >= 11 is 3.48. The quantitative estimate of drug-likeness (QED) is 0.556. The number of thiazole rings is 1. The standard InChI is InChI=1S/C11H20N2OS2/c1-3-13-11(2,9-14)5-4-7-15-10-12-6-8-16-10/h6,8,13-14H,3-5,7,9H2,1-2H3. The van der Waals surface area contributed by atoms with Gasteiger partial charge in [0.25, 0.3) is 0 Å². The third kappa shape index (κ3) is 4.82. The van der Waals surface area contributed by atoms with Crippen molar-refractivity contribution in [1.29, 1.82) is 0 Å². The van der Waals surface area contributed by atoms with Gasteiger partial charge in [-0.25, -0.2) is 4.98 Å². The molecule has 0 aromatic carbocycles. The summed E-state index contributed by atoms with van der Waals surface area (Å²) in [6, 6.07) is 0. The average Bonchev–Trinajstić information content (AvgIpc) is 2.78. The van der Waals surface area contributed by atoms with Gasteiger partial charge in [-0.2, -0.15) is 0 Å². The van der Waals surface area contributed by atoms with Gasteiger partial charge >= 0.3 is 0 Å². The van der Waals surface area contributed by atoms with E-state index in [1.165, 1.54) is 0 Å². The van der Waals surface area contributed by atoms with Gasteiger partial charge in [-0.05, 0) is 26.3 Å². The number of nitrogens with zero attached hydrogens (tertiary/aromatic N) is 1. The maximum Gasteiger partial charge on any atom is 0.149 e. The molecule has 2 N–H and O–H groups in total. The highest BCUT2D eigenvalue weighted by Crippen LogP contribution is 2.22. The number of hydrogen-bond donors (Lipinski definition) is 2. The van der Waals surface area contributed by atoms with Crippen molar-refractivity contribution < 1.29 is 5.11 Å². The summed E-state index contributed by atoms with van der Waals surface area (Å²) in [6.45, 7) is 5.24. The van der Waals surface area contributed by atoms with Crippen molar-refractivity contribution in [3.05, 3.63) is 11.6 Å². The highest BCUT2D eigenvalue weighted by atomic mass is 32.2. The molecule has 1 aromatic heterocycles. The fraction of sp³-hybridized carbons (Fsp3) is 0.727. The molecule has 16 heavy (non-hydrogen) atoms. The van der Waals surface area contributed by atoms with Crippen LogP contribution in [0.2, 0.25) is 0 Å². The summed E-state index contributed by atoms with van der Waals surface area (Å²) in [6.07, 6.45) is 3.92. The molecule has 1 unspecified atom stereocenters. The van der Waals surface area contributed by atoms with Gasteiger partial charge in [-0.3, -0.25) is 0 Å². The molecule has 0 radical (unpaired) electrons. The molecule has 1 atom stereocenters. The molecular weight excluding hydrogens is 240 g/mol. The van der Waals surface area contributed by atoms with Crippen LogP contribution in [0, 0.1) is 0 Å². The predicted molar refractivity (Wildman–Crippen MR) is 71.2 cm³/mol. The molecule has 0 aliphatic rings. The molecule has 0 aliphatic heterocycles. The number of aliphatic hydroxyl groups is 1. The molecule has 0 fully saturated rings. The van der Waals surface area contributed by atoms with E-state index in [0.29, 0.717) is 0 Å². The van der Waals surface area contributed by atoms with Crippen LogP contribution in [0.25, 0.3) is 0 Å². The van der Waals surface area contributed by atoms with E-state index >= 15 is 0 Å². The van der Waals surface area contributed by atoms with Gasteiger partial charge in [0.2, 0.25) is 0 Å². The minimum atomic E-state index is -0.127. The Morgan fingerprint density at radius 2 is 2.44 bits per heavy atom. The number of likely N-dealkylation sites (N-methyl/N-ethyl adjacent to an activating group) is 1. The Kier molecular flexibility index (Phi) is 6.34. The summed E-state index contributed by atoms with van der Waals surface area (Å²) in [5.41, 5.74) is -0.127. The van der Waals surface area contributed by atoms with E-state index in [1.807, 2.05) is 11.6 Å². The number of aliphatic hydroxyl groups excluding tert-OH is 1. The second-order valence-corrected chi connectivity index (χ2v) is 6.24. The van der Waals surface area contributed by atoms with E-state index in [4.69, 9.17) is 0 Å². The topological polar surface area (TPSA) is 45.1 Å². The number of nitrogens with one attached hydrogen (secondary N) is 1. The van der Waals surface area contributed by atoms with Gasteiger partial charge in [0, 0.05) is 22.9 Å². The van der Waals surface area contributed by atoms with Crippen molar-refractivity contribution in [2.75, 3.05) is 18.9 Å². The van der Waals surface area contributed by atoms with Crippen molar-refractivity contribution >= 4 is 23.1 Å². The largest absolute Gasteiger partial charge is 0.394 e. The second kappa shape index (κ2) is 7.27. The molecule has 3 nitrogen and oxygen atoms in total. The van der Waals surface area contributed by atoms with Crippen LogP contribution in [-0.2, 0) is 0 Å². The van der Waals surface area contributed by atoms with E-state index in [2.05, 4.69) is 24.1 Å². The van der Waals surface area contributed by atoms with Crippen molar-refractivity contribution in [2.24, 2.45) is 0 Å². The molecule has 0 saturated carbocycles. The van der Waals surface area contributed by atoms with Gasteiger partial charge in [0.1, 0.15) is 4.34 Å². The maximum absolute atomic E-state index is 9.32. The first kappa shape index (κ1) is 14.0. The molecular formula is C11H20N2OS2. The molecule has 5 heteroatoms. The molecule has 1 rings (SSSR count). The predicted octanol–water partition coefficient (Wildman–Crippen LogP) is 2.38.